The molecule has 2 nitrogen and oxygen atoms in total. The Morgan fingerprint density at radius 2 is 0.938 bits per heavy atom. The number of aryl methyl sites for hydroxylation is 2. The molecule has 65 heavy (non-hydrogen) atoms. The highest BCUT2D eigenvalue weighted by molar-refractivity contribution is 5.96. The van der Waals surface area contributed by atoms with Crippen molar-refractivity contribution in [3.05, 3.63) is 178 Å². The highest BCUT2D eigenvalue weighted by Crippen LogP contribution is 2.57. The maximum Gasteiger partial charge on any atom is 0.106 e. The second kappa shape index (κ2) is 18.4. The lowest BCUT2D eigenvalue weighted by Crippen LogP contribution is -2.31. The van der Waals surface area contributed by atoms with E-state index in [2.05, 4.69) is 189 Å². The monoisotopic (exact) mass is 855 g/mol. The lowest BCUT2D eigenvalue weighted by atomic mass is 9.70. The first-order chi connectivity index (χ1) is 31.6. The molecule has 8 aromatic rings. The molecule has 6 aromatic carbocycles. The number of nitrogens with zero attached hydrogens (tertiary/aromatic N) is 2. The predicted octanol–water partition coefficient (Wildman–Crippen LogP) is 17.7. The van der Waals surface area contributed by atoms with Crippen LogP contribution in [-0.2, 0) is 18.3 Å². The van der Waals surface area contributed by atoms with E-state index in [-0.39, 0.29) is 5.41 Å². The Hall–Kier alpha value is -5.60. The van der Waals surface area contributed by atoms with Gasteiger partial charge < -0.3 is 0 Å². The van der Waals surface area contributed by atoms with Crippen molar-refractivity contribution in [3.8, 4) is 22.3 Å². The van der Waals surface area contributed by atoms with Crippen LogP contribution in [-0.4, -0.2) is 9.97 Å². The summed E-state index contributed by atoms with van der Waals surface area (Å²) in [6, 6.07) is 46.5. The molecule has 0 spiro atoms. The number of unbranched alkanes of at least 4 members (excludes halogenated alkanes) is 2. The minimum atomic E-state index is -0.746. The Balaban J connectivity index is 1.33. The average molecular weight is 855 g/mol. The lowest BCUT2D eigenvalue weighted by molar-refractivity contribution is 0.230. The van der Waals surface area contributed by atoms with E-state index in [1.165, 1.54) is 141 Å². The average Bonchev–Trinajstić information content (AvgIpc) is 3.63. The van der Waals surface area contributed by atoms with Gasteiger partial charge in [-0.15, -0.1) is 0 Å². The van der Waals surface area contributed by atoms with E-state index in [0.29, 0.717) is 5.41 Å². The molecule has 0 bridgehead atoms. The van der Waals surface area contributed by atoms with Crippen LogP contribution >= 0.6 is 0 Å². The molecule has 0 unspecified atom stereocenters. The molecule has 9 rings (SSSR count). The lowest BCUT2D eigenvalue weighted by Gasteiger charge is -2.34. The van der Waals surface area contributed by atoms with Crippen molar-refractivity contribution in [2.45, 2.75) is 138 Å². The second-order valence-electron chi connectivity index (χ2n) is 20.0. The molecule has 0 radical (unpaired) electrons. The van der Waals surface area contributed by atoms with Gasteiger partial charge in [-0.1, -0.05) is 201 Å². The summed E-state index contributed by atoms with van der Waals surface area (Å²) < 4.78 is 0. The van der Waals surface area contributed by atoms with Crippen molar-refractivity contribution >= 4 is 32.3 Å². The Bertz CT molecular complexity index is 2920. The van der Waals surface area contributed by atoms with Gasteiger partial charge in [0, 0.05) is 23.2 Å². The Labute approximate surface area is 390 Å². The number of rotatable bonds is 17. The van der Waals surface area contributed by atoms with E-state index < -0.39 is 5.41 Å². The van der Waals surface area contributed by atoms with Crippen LogP contribution in [0.3, 0.4) is 0 Å². The third kappa shape index (κ3) is 8.00. The van der Waals surface area contributed by atoms with Crippen molar-refractivity contribution in [2.75, 3.05) is 0 Å². The van der Waals surface area contributed by atoms with Crippen LogP contribution in [0.15, 0.2) is 134 Å². The van der Waals surface area contributed by atoms with Crippen molar-refractivity contribution in [2.24, 2.45) is 10.8 Å². The van der Waals surface area contributed by atoms with Crippen molar-refractivity contribution in [1.29, 1.82) is 0 Å². The summed E-state index contributed by atoms with van der Waals surface area (Å²) in [5.74, 6) is 0. The standard InChI is InChI=1S/C63H70N2/c1-9-15-29-61(11-3,12-4)39-51-31-44(8)32-55-52(40-62(13-5,14-6)30-16-10-2)34-50(35-56(51)55)47-26-28-54-53-27-25-43(7)33-57(53)63(58(54)36-47,59-37-45-21-17-19-23-48(45)41-64-59)60-38-46-22-18-20-24-49(46)42-65-60/h17-28,31-38,41-42H,9-16,29-30,39-40H2,1-8H3. The molecular formula is C63H70N2. The maximum atomic E-state index is 5.44. The maximum absolute atomic E-state index is 5.44. The van der Waals surface area contributed by atoms with E-state index >= 15 is 0 Å². The van der Waals surface area contributed by atoms with Gasteiger partial charge in [0.1, 0.15) is 5.41 Å². The van der Waals surface area contributed by atoms with Gasteiger partial charge in [0.15, 0.2) is 0 Å². The van der Waals surface area contributed by atoms with Gasteiger partial charge in [-0.3, -0.25) is 9.97 Å². The number of hydrogen-bond acceptors (Lipinski definition) is 2. The normalized spacial score (nSPS) is 13.5. The van der Waals surface area contributed by atoms with Gasteiger partial charge in [-0.25, -0.2) is 0 Å². The highest BCUT2D eigenvalue weighted by atomic mass is 14.8. The first-order valence-electron chi connectivity index (χ1n) is 25.2. The topological polar surface area (TPSA) is 25.8 Å². The number of hydrogen-bond donors (Lipinski definition) is 0. The van der Waals surface area contributed by atoms with Crippen LogP contribution in [0.5, 0.6) is 0 Å². The smallest absolute Gasteiger partial charge is 0.106 e. The van der Waals surface area contributed by atoms with Gasteiger partial charge in [0.05, 0.1) is 11.4 Å². The molecule has 0 atom stereocenters. The second-order valence-corrected chi connectivity index (χ2v) is 20.0. The summed E-state index contributed by atoms with van der Waals surface area (Å²) in [5, 5.41) is 7.56. The SMILES string of the molecule is CCCCC(CC)(CC)Cc1cc(-c2ccc3c(c2)C(c2cc4ccccc4cn2)(c2cc4ccccc4cn2)c2cc(C)ccc2-3)cc2c(CC(CC)(CC)CCCC)cc(C)cc12. The van der Waals surface area contributed by atoms with E-state index in [1.54, 1.807) is 0 Å². The van der Waals surface area contributed by atoms with Gasteiger partial charge in [0.25, 0.3) is 0 Å². The number of fused-ring (bicyclic) bond motifs is 6. The molecule has 0 saturated heterocycles. The fourth-order valence-electron chi connectivity index (χ4n) is 11.9. The van der Waals surface area contributed by atoms with Crippen molar-refractivity contribution in [1.82, 2.24) is 9.97 Å². The summed E-state index contributed by atoms with van der Waals surface area (Å²) in [7, 11) is 0. The van der Waals surface area contributed by atoms with Crippen LogP contribution in [0.25, 0.3) is 54.6 Å². The Morgan fingerprint density at radius 3 is 1.48 bits per heavy atom. The quantitative estimate of drug-likeness (QED) is 0.0912. The summed E-state index contributed by atoms with van der Waals surface area (Å²) in [6.07, 6.45) is 18.7. The van der Waals surface area contributed by atoms with Gasteiger partial charge in [-0.2, -0.15) is 0 Å². The van der Waals surface area contributed by atoms with Crippen LogP contribution in [0.4, 0.5) is 0 Å². The third-order valence-corrected chi connectivity index (χ3v) is 16.3. The van der Waals surface area contributed by atoms with Crippen LogP contribution in [0.2, 0.25) is 0 Å². The molecule has 2 aromatic heterocycles. The van der Waals surface area contributed by atoms with Gasteiger partial charge in [0.2, 0.25) is 0 Å². The zero-order chi connectivity index (χ0) is 45.3. The fourth-order valence-corrected chi connectivity index (χ4v) is 11.9. The van der Waals surface area contributed by atoms with Crippen LogP contribution in [0.1, 0.15) is 151 Å². The summed E-state index contributed by atoms with van der Waals surface area (Å²) in [4.78, 5) is 10.9. The predicted molar refractivity (Wildman–Crippen MR) is 279 cm³/mol. The zero-order valence-corrected chi connectivity index (χ0v) is 40.6. The highest BCUT2D eigenvalue weighted by Gasteiger charge is 2.49. The molecule has 1 aliphatic carbocycles. The molecular weight excluding hydrogens is 785 g/mol. The molecule has 0 N–H and O–H groups in total. The van der Waals surface area contributed by atoms with Gasteiger partial charge in [-0.05, 0) is 141 Å². The van der Waals surface area contributed by atoms with Crippen molar-refractivity contribution < 1.29 is 0 Å². The summed E-state index contributed by atoms with van der Waals surface area (Å²) in [6.45, 7) is 19.0. The molecule has 332 valence electrons. The first kappa shape index (κ1) is 44.6. The summed E-state index contributed by atoms with van der Waals surface area (Å²) >= 11 is 0. The number of pyridine rings is 2. The van der Waals surface area contributed by atoms with E-state index in [4.69, 9.17) is 9.97 Å². The molecule has 0 fully saturated rings. The Kier molecular flexibility index (Phi) is 12.6. The minimum Gasteiger partial charge on any atom is -0.259 e. The molecule has 0 amide bonds. The van der Waals surface area contributed by atoms with Crippen molar-refractivity contribution in [3.63, 3.8) is 0 Å². The largest absolute Gasteiger partial charge is 0.259 e. The first-order valence-corrected chi connectivity index (χ1v) is 25.2. The number of aromatic nitrogens is 2. The fraction of sp³-hybridized carbons (Fsp3) is 0.365. The summed E-state index contributed by atoms with van der Waals surface area (Å²) in [5.41, 5.74) is 15.0. The molecule has 0 aliphatic heterocycles. The van der Waals surface area contributed by atoms with Crippen LogP contribution < -0.4 is 0 Å². The van der Waals surface area contributed by atoms with Crippen LogP contribution in [0, 0.1) is 24.7 Å². The molecule has 0 saturated carbocycles. The minimum absolute atomic E-state index is 0.263. The van der Waals surface area contributed by atoms with E-state index in [0.717, 1.165) is 35.0 Å². The Morgan fingerprint density at radius 1 is 0.446 bits per heavy atom. The third-order valence-electron chi connectivity index (χ3n) is 16.3. The molecule has 2 heteroatoms. The van der Waals surface area contributed by atoms with E-state index in [9.17, 15) is 0 Å². The number of benzene rings is 6. The van der Waals surface area contributed by atoms with E-state index in [1.807, 2.05) is 0 Å². The zero-order valence-electron chi connectivity index (χ0n) is 40.6. The molecule has 2 heterocycles. The van der Waals surface area contributed by atoms with Gasteiger partial charge >= 0.3 is 0 Å². The molecule has 1 aliphatic rings.